The molecule has 4 heteroatoms. The molecule has 7 aromatic rings. The van der Waals surface area contributed by atoms with Crippen LogP contribution in [0.2, 0.25) is 0 Å². The van der Waals surface area contributed by atoms with E-state index in [0.29, 0.717) is 0 Å². The predicted octanol–water partition coefficient (Wildman–Crippen LogP) is 17.5. The Morgan fingerprint density at radius 3 is 1.81 bits per heavy atom. The number of fused-ring (bicyclic) bond motifs is 10. The van der Waals surface area contributed by atoms with E-state index < -0.39 is 0 Å². The van der Waals surface area contributed by atoms with Gasteiger partial charge in [-0.1, -0.05) is 183 Å². The van der Waals surface area contributed by atoms with Crippen LogP contribution in [0.15, 0.2) is 121 Å². The van der Waals surface area contributed by atoms with E-state index in [1.165, 1.54) is 149 Å². The molecule has 3 heterocycles. The first-order chi connectivity index (χ1) is 33.8. The summed E-state index contributed by atoms with van der Waals surface area (Å²) in [5.41, 5.74) is 23.4. The van der Waals surface area contributed by atoms with Crippen molar-refractivity contribution in [3.63, 3.8) is 0 Å². The molecule has 0 radical (unpaired) electrons. The molecule has 0 N–H and O–H groups in total. The van der Waals surface area contributed by atoms with Crippen LogP contribution >= 0.6 is 11.3 Å². The van der Waals surface area contributed by atoms with Crippen molar-refractivity contribution in [3.05, 3.63) is 166 Å². The van der Waals surface area contributed by atoms with E-state index in [2.05, 4.69) is 246 Å². The maximum atomic E-state index is 2.74. The molecule has 1 aromatic heterocycles. The lowest BCUT2D eigenvalue weighted by molar-refractivity contribution is 0.138. The SMILES string of the molecule is CC(C)(C)c1ccc(N2c3cc(C4=CC5(C)CCCCC5(C)c5ccccc54)cc4c3B(c3ccc(C(C)(C)C)cc3N4c3cccc(C(C)(C)C)c3)c3sc4cc5c(cc4c32)C(C)(C)CCC5(C)C)cc1. The summed E-state index contributed by atoms with van der Waals surface area (Å²) in [5, 5.41) is 1.39. The second-order valence-corrected chi connectivity index (χ2v) is 28.8. The summed E-state index contributed by atoms with van der Waals surface area (Å²) in [4.78, 5) is 5.41. The van der Waals surface area contributed by atoms with Crippen molar-refractivity contribution in [2.45, 2.75) is 175 Å². The Morgan fingerprint density at radius 1 is 0.514 bits per heavy atom. The van der Waals surface area contributed by atoms with Crippen molar-refractivity contribution in [2.24, 2.45) is 5.41 Å². The minimum absolute atomic E-state index is 0.0192. The fraction of sp³-hybridized carbons (Fsp3) is 0.412. The van der Waals surface area contributed by atoms with E-state index in [1.807, 2.05) is 0 Å². The highest BCUT2D eigenvalue weighted by Crippen LogP contribution is 2.60. The van der Waals surface area contributed by atoms with Crippen LogP contribution in [0.4, 0.5) is 34.1 Å². The van der Waals surface area contributed by atoms with E-state index in [0.717, 1.165) is 0 Å². The lowest BCUT2D eigenvalue weighted by atomic mass is 9.36. The van der Waals surface area contributed by atoms with Crippen LogP contribution < -0.4 is 25.5 Å². The Morgan fingerprint density at radius 2 is 1.12 bits per heavy atom. The summed E-state index contributed by atoms with van der Waals surface area (Å²) < 4.78 is 2.85. The third-order valence-electron chi connectivity index (χ3n) is 18.9. The Kier molecular flexibility index (Phi) is 10.3. The van der Waals surface area contributed by atoms with Gasteiger partial charge in [-0.15, -0.1) is 11.3 Å². The van der Waals surface area contributed by atoms with Gasteiger partial charge in [0.25, 0.3) is 6.71 Å². The molecule has 2 nitrogen and oxygen atoms in total. The van der Waals surface area contributed by atoms with Crippen molar-refractivity contribution in [1.82, 2.24) is 0 Å². The van der Waals surface area contributed by atoms with Crippen LogP contribution in [-0.2, 0) is 32.5 Å². The predicted molar refractivity (Wildman–Crippen MR) is 315 cm³/mol. The van der Waals surface area contributed by atoms with Gasteiger partial charge in [0.2, 0.25) is 0 Å². The summed E-state index contributed by atoms with van der Waals surface area (Å²) in [6.45, 7) is 36.3. The van der Waals surface area contributed by atoms with Crippen molar-refractivity contribution < 1.29 is 0 Å². The lowest BCUT2D eigenvalue weighted by Crippen LogP contribution is -2.60. The van der Waals surface area contributed by atoms with E-state index in [4.69, 9.17) is 0 Å². The van der Waals surface area contributed by atoms with Crippen molar-refractivity contribution >= 4 is 83.5 Å². The van der Waals surface area contributed by atoms with Gasteiger partial charge in [0.15, 0.2) is 0 Å². The van der Waals surface area contributed by atoms with Gasteiger partial charge in [-0.05, 0) is 174 Å². The van der Waals surface area contributed by atoms with Crippen LogP contribution in [0, 0.1) is 5.41 Å². The Hall–Kier alpha value is -5.32. The van der Waals surface area contributed by atoms with E-state index in [-0.39, 0.29) is 44.6 Å². The number of anilines is 6. The molecule has 1 saturated carbocycles. The Balaban J connectivity index is 1.24. The number of benzene rings is 6. The number of hydrogen-bond acceptors (Lipinski definition) is 3. The molecule has 72 heavy (non-hydrogen) atoms. The maximum absolute atomic E-state index is 2.74. The summed E-state index contributed by atoms with van der Waals surface area (Å²) in [7, 11) is 0. The van der Waals surface area contributed by atoms with Gasteiger partial charge in [0.05, 0.1) is 5.69 Å². The third kappa shape index (κ3) is 7.07. The summed E-state index contributed by atoms with van der Waals surface area (Å²) in [5.74, 6) is 0. The summed E-state index contributed by atoms with van der Waals surface area (Å²) in [6, 6.07) is 46.7. The van der Waals surface area contributed by atoms with Gasteiger partial charge in [-0.2, -0.15) is 0 Å². The van der Waals surface area contributed by atoms with Crippen molar-refractivity contribution in [1.29, 1.82) is 0 Å². The van der Waals surface area contributed by atoms with Crippen molar-refractivity contribution in [2.75, 3.05) is 9.80 Å². The first kappa shape index (κ1) is 47.7. The molecule has 12 rings (SSSR count). The zero-order valence-corrected chi connectivity index (χ0v) is 47.0. The maximum Gasteiger partial charge on any atom is 0.264 e. The molecule has 5 aliphatic rings. The molecule has 3 aliphatic carbocycles. The average Bonchev–Trinajstić information content (AvgIpc) is 3.70. The molecule has 0 bridgehead atoms. The largest absolute Gasteiger partial charge is 0.311 e. The van der Waals surface area contributed by atoms with E-state index >= 15 is 0 Å². The molecule has 0 spiro atoms. The molecular weight excluding hydrogens is 888 g/mol. The smallest absolute Gasteiger partial charge is 0.264 e. The topological polar surface area (TPSA) is 6.48 Å². The first-order valence-corrected chi connectivity index (χ1v) is 28.2. The molecule has 2 aliphatic heterocycles. The van der Waals surface area contributed by atoms with Gasteiger partial charge in [0, 0.05) is 48.7 Å². The Labute approximate surface area is 437 Å². The Bertz CT molecular complexity index is 3410. The van der Waals surface area contributed by atoms with Gasteiger partial charge >= 0.3 is 0 Å². The fourth-order valence-corrected chi connectivity index (χ4v) is 15.3. The van der Waals surface area contributed by atoms with Crippen LogP contribution in [0.25, 0.3) is 15.7 Å². The molecule has 2 unspecified atom stereocenters. The number of allylic oxidation sites excluding steroid dienone is 1. The van der Waals surface area contributed by atoms with E-state index in [1.54, 1.807) is 0 Å². The summed E-state index contributed by atoms with van der Waals surface area (Å²) in [6.07, 6.45) is 10.1. The number of rotatable bonds is 3. The number of nitrogens with zero attached hydrogens (tertiary/aromatic N) is 2. The summed E-state index contributed by atoms with van der Waals surface area (Å²) >= 11 is 2.06. The second-order valence-electron chi connectivity index (χ2n) is 27.7. The highest BCUT2D eigenvalue weighted by Gasteiger charge is 2.51. The molecule has 0 saturated heterocycles. The fourth-order valence-electron chi connectivity index (χ4n) is 14.0. The molecule has 2 atom stereocenters. The minimum Gasteiger partial charge on any atom is -0.311 e. The quantitative estimate of drug-likeness (QED) is 0.163. The van der Waals surface area contributed by atoms with Gasteiger partial charge in [-0.3, -0.25) is 0 Å². The highest BCUT2D eigenvalue weighted by atomic mass is 32.1. The van der Waals surface area contributed by atoms with Crippen LogP contribution in [0.3, 0.4) is 0 Å². The van der Waals surface area contributed by atoms with Crippen LogP contribution in [-0.4, -0.2) is 6.71 Å². The third-order valence-corrected chi connectivity index (χ3v) is 20.1. The van der Waals surface area contributed by atoms with E-state index in [9.17, 15) is 0 Å². The average molecular weight is 965 g/mol. The lowest BCUT2D eigenvalue weighted by Gasteiger charge is -2.53. The van der Waals surface area contributed by atoms with Crippen LogP contribution in [0.1, 0.15) is 187 Å². The van der Waals surface area contributed by atoms with Crippen LogP contribution in [0.5, 0.6) is 0 Å². The van der Waals surface area contributed by atoms with Gasteiger partial charge in [-0.25, -0.2) is 0 Å². The van der Waals surface area contributed by atoms with Gasteiger partial charge < -0.3 is 9.80 Å². The van der Waals surface area contributed by atoms with Crippen molar-refractivity contribution in [3.8, 4) is 0 Å². The molecule has 0 amide bonds. The molecular formula is C68H77BN2S. The zero-order chi connectivity index (χ0) is 50.9. The minimum atomic E-state index is -0.0377. The zero-order valence-electron chi connectivity index (χ0n) is 46.2. The van der Waals surface area contributed by atoms with Gasteiger partial charge in [0.1, 0.15) is 0 Å². The molecule has 6 aromatic carbocycles. The molecule has 1 fully saturated rings. The monoisotopic (exact) mass is 965 g/mol. The second kappa shape index (κ2) is 15.6. The number of hydrogen-bond donors (Lipinski definition) is 0. The number of thiophene rings is 1. The highest BCUT2D eigenvalue weighted by molar-refractivity contribution is 7.33. The normalized spacial score (nSPS) is 21.8. The molecule has 368 valence electrons. The standard InChI is InChI=1S/C68H77BN2S/c1-62(2,3)43-25-28-46(29-26-43)71-57-36-42(50-41-67(14)31-18-19-32-68(67,15)51-24-17-16-23-48(50)51)35-56-59(57)69(61-60(71)49-39-52-53(40-58(49)72-61)66(12,13)34-33-65(52,10)11)54-30-27-45(64(7,8)9)38-55(54)70(56)47-22-20-21-44(37-47)63(4,5)6/h16-17,20-30,35-41H,18-19,31-34H2,1-15H3. The first-order valence-electron chi connectivity index (χ1n) is 27.4.